The number of rotatable bonds is 4. The molecular weight excluding hydrogens is 302 g/mol. The lowest BCUT2D eigenvalue weighted by atomic mass is 9.96. The van der Waals surface area contributed by atoms with Gasteiger partial charge >= 0.3 is 0 Å². The van der Waals surface area contributed by atoms with Crippen molar-refractivity contribution in [1.29, 1.82) is 0 Å². The summed E-state index contributed by atoms with van der Waals surface area (Å²) in [5, 5.41) is 3.21. The summed E-state index contributed by atoms with van der Waals surface area (Å²) < 4.78 is 0. The molecule has 24 heavy (non-hydrogen) atoms. The van der Waals surface area contributed by atoms with Crippen LogP contribution in [0.25, 0.3) is 0 Å². The molecule has 2 saturated heterocycles. The van der Waals surface area contributed by atoms with Gasteiger partial charge in [0.2, 0.25) is 11.8 Å². The molecule has 5 nitrogen and oxygen atoms in total. The predicted octanol–water partition coefficient (Wildman–Crippen LogP) is 1.64. The van der Waals surface area contributed by atoms with Gasteiger partial charge in [-0.05, 0) is 24.8 Å². The molecule has 1 aromatic carbocycles. The summed E-state index contributed by atoms with van der Waals surface area (Å²) >= 11 is 0. The minimum Gasteiger partial charge on any atom is -0.352 e. The first-order valence-electron chi connectivity index (χ1n) is 8.94. The number of likely N-dealkylation sites (tertiary alicyclic amines) is 2. The van der Waals surface area contributed by atoms with Crippen LogP contribution in [0.5, 0.6) is 0 Å². The molecule has 2 aliphatic heterocycles. The molecule has 0 spiro atoms. The minimum atomic E-state index is -0.0502. The fourth-order valence-corrected chi connectivity index (χ4v) is 3.73. The number of piperidine rings is 1. The Balaban J connectivity index is 1.46. The number of nitrogens with zero attached hydrogens (tertiary/aromatic N) is 2. The largest absolute Gasteiger partial charge is 0.352 e. The maximum atomic E-state index is 12.5. The van der Waals surface area contributed by atoms with Crippen LogP contribution >= 0.6 is 0 Å². The van der Waals surface area contributed by atoms with Gasteiger partial charge < -0.3 is 10.2 Å². The van der Waals surface area contributed by atoms with Crippen LogP contribution < -0.4 is 5.32 Å². The first-order valence-corrected chi connectivity index (χ1v) is 8.94. The van der Waals surface area contributed by atoms with Crippen molar-refractivity contribution >= 4 is 11.8 Å². The van der Waals surface area contributed by atoms with Crippen molar-refractivity contribution in [2.45, 2.75) is 38.8 Å². The van der Waals surface area contributed by atoms with Gasteiger partial charge in [-0.2, -0.15) is 0 Å². The lowest BCUT2D eigenvalue weighted by Crippen LogP contribution is -2.47. The zero-order valence-electron chi connectivity index (χ0n) is 14.4. The second-order valence-electron chi connectivity index (χ2n) is 7.02. The van der Waals surface area contributed by atoms with Crippen molar-refractivity contribution in [1.82, 2.24) is 15.1 Å². The van der Waals surface area contributed by atoms with E-state index in [2.05, 4.69) is 34.5 Å². The molecular formula is C19H27N3O2. The fraction of sp³-hybridized carbons (Fsp3) is 0.579. The number of hydrogen-bond acceptors (Lipinski definition) is 3. The Labute approximate surface area is 144 Å². The van der Waals surface area contributed by atoms with Crippen molar-refractivity contribution in [3.63, 3.8) is 0 Å². The Kier molecular flexibility index (Phi) is 5.51. The lowest BCUT2D eigenvalue weighted by molar-refractivity contribution is -0.134. The van der Waals surface area contributed by atoms with Crippen LogP contribution in [0.2, 0.25) is 0 Å². The number of carbonyl (C=O) groups excluding carboxylic acids is 2. The molecule has 0 saturated carbocycles. The molecule has 5 heteroatoms. The second kappa shape index (κ2) is 7.79. The van der Waals surface area contributed by atoms with Crippen molar-refractivity contribution in [3.8, 4) is 0 Å². The quantitative estimate of drug-likeness (QED) is 0.913. The zero-order chi connectivity index (χ0) is 16.9. The molecule has 2 heterocycles. The molecule has 3 rings (SSSR count). The molecule has 2 amide bonds. The minimum absolute atomic E-state index is 0.0502. The van der Waals surface area contributed by atoms with E-state index in [9.17, 15) is 9.59 Å². The van der Waals surface area contributed by atoms with Crippen LogP contribution in [0, 0.1) is 5.92 Å². The van der Waals surface area contributed by atoms with E-state index in [-0.39, 0.29) is 23.8 Å². The van der Waals surface area contributed by atoms with Gasteiger partial charge in [0.1, 0.15) is 0 Å². The summed E-state index contributed by atoms with van der Waals surface area (Å²) in [4.78, 5) is 28.2. The highest BCUT2D eigenvalue weighted by atomic mass is 16.2. The normalized spacial score (nSPS) is 24.8. The topological polar surface area (TPSA) is 52.7 Å². The summed E-state index contributed by atoms with van der Waals surface area (Å²) in [6, 6.07) is 10.7. The molecule has 2 atom stereocenters. The van der Waals surface area contributed by atoms with Crippen molar-refractivity contribution in [3.05, 3.63) is 35.9 Å². The molecule has 2 fully saturated rings. The Morgan fingerprint density at radius 1 is 1.12 bits per heavy atom. The fourth-order valence-electron chi connectivity index (χ4n) is 3.73. The van der Waals surface area contributed by atoms with Gasteiger partial charge in [-0.25, -0.2) is 0 Å². The lowest BCUT2D eigenvalue weighted by Gasteiger charge is -2.31. The van der Waals surface area contributed by atoms with Gasteiger partial charge in [0, 0.05) is 45.7 Å². The Bertz CT molecular complexity index is 575. The van der Waals surface area contributed by atoms with E-state index >= 15 is 0 Å². The third kappa shape index (κ3) is 4.35. The second-order valence-corrected chi connectivity index (χ2v) is 7.02. The number of benzene rings is 1. The summed E-state index contributed by atoms with van der Waals surface area (Å²) in [5.74, 6) is 0.140. The monoisotopic (exact) mass is 329 g/mol. The molecule has 0 aromatic heterocycles. The van der Waals surface area contributed by atoms with Crippen LogP contribution in [0.4, 0.5) is 0 Å². The van der Waals surface area contributed by atoms with Gasteiger partial charge in [-0.15, -0.1) is 0 Å². The van der Waals surface area contributed by atoms with Crippen LogP contribution in [0.1, 0.15) is 31.7 Å². The first kappa shape index (κ1) is 17.0. The number of amides is 2. The van der Waals surface area contributed by atoms with Crippen molar-refractivity contribution in [2.75, 3.05) is 26.2 Å². The van der Waals surface area contributed by atoms with Crippen molar-refractivity contribution < 1.29 is 9.59 Å². The Morgan fingerprint density at radius 3 is 2.67 bits per heavy atom. The van der Waals surface area contributed by atoms with E-state index in [1.807, 2.05) is 6.07 Å². The van der Waals surface area contributed by atoms with E-state index < -0.39 is 0 Å². The van der Waals surface area contributed by atoms with E-state index in [0.717, 1.165) is 45.4 Å². The standard InChI is InChI=1S/C19H27N3O2/c1-15(23)22-10-5-8-17(13-22)19(24)20-18-9-11-21(14-18)12-16-6-3-2-4-7-16/h2-4,6-7,17-18H,5,8-14H2,1H3,(H,20,24)/t17-,18+/m1/s1. The van der Waals surface area contributed by atoms with Gasteiger partial charge in [0.05, 0.1) is 5.92 Å². The molecule has 0 unspecified atom stereocenters. The highest BCUT2D eigenvalue weighted by Gasteiger charge is 2.30. The van der Waals surface area contributed by atoms with Crippen molar-refractivity contribution in [2.24, 2.45) is 5.92 Å². The average Bonchev–Trinajstić information content (AvgIpc) is 3.02. The third-order valence-electron chi connectivity index (χ3n) is 5.11. The highest BCUT2D eigenvalue weighted by Crippen LogP contribution is 2.19. The molecule has 0 radical (unpaired) electrons. The van der Waals surface area contributed by atoms with Gasteiger partial charge in [-0.1, -0.05) is 30.3 Å². The molecule has 130 valence electrons. The number of hydrogen-bond donors (Lipinski definition) is 1. The highest BCUT2D eigenvalue weighted by molar-refractivity contribution is 5.81. The molecule has 0 aliphatic carbocycles. The number of carbonyl (C=O) groups is 2. The van der Waals surface area contributed by atoms with Crippen LogP contribution in [-0.2, 0) is 16.1 Å². The molecule has 2 aliphatic rings. The van der Waals surface area contributed by atoms with Gasteiger partial charge in [-0.3, -0.25) is 14.5 Å². The maximum absolute atomic E-state index is 12.5. The Hall–Kier alpha value is -1.88. The van der Waals surface area contributed by atoms with E-state index in [0.29, 0.717) is 6.54 Å². The zero-order valence-corrected chi connectivity index (χ0v) is 14.4. The summed E-state index contributed by atoms with van der Waals surface area (Å²) in [6.45, 7) is 5.80. The molecule has 1 aromatic rings. The Morgan fingerprint density at radius 2 is 1.92 bits per heavy atom. The maximum Gasteiger partial charge on any atom is 0.225 e. The van der Waals surface area contributed by atoms with Crippen LogP contribution in [0.3, 0.4) is 0 Å². The van der Waals surface area contributed by atoms with Gasteiger partial charge in [0.15, 0.2) is 0 Å². The summed E-state index contributed by atoms with van der Waals surface area (Å²) in [6.07, 6.45) is 2.81. The van der Waals surface area contributed by atoms with Gasteiger partial charge in [0.25, 0.3) is 0 Å². The smallest absolute Gasteiger partial charge is 0.225 e. The summed E-state index contributed by atoms with van der Waals surface area (Å²) in [7, 11) is 0. The van der Waals surface area contributed by atoms with E-state index in [1.165, 1.54) is 5.56 Å². The number of nitrogens with one attached hydrogen (secondary N) is 1. The van der Waals surface area contributed by atoms with E-state index in [4.69, 9.17) is 0 Å². The van der Waals surface area contributed by atoms with E-state index in [1.54, 1.807) is 11.8 Å². The first-order chi connectivity index (χ1) is 11.6. The predicted molar refractivity (Wildman–Crippen MR) is 93.2 cm³/mol. The SMILES string of the molecule is CC(=O)N1CCC[C@@H](C(=O)N[C@H]2CCN(Cc3ccccc3)C2)C1. The average molecular weight is 329 g/mol. The molecule has 1 N–H and O–H groups in total. The van der Waals surface area contributed by atoms with Crippen LogP contribution in [0.15, 0.2) is 30.3 Å². The summed E-state index contributed by atoms with van der Waals surface area (Å²) in [5.41, 5.74) is 1.31. The molecule has 0 bridgehead atoms. The van der Waals surface area contributed by atoms with Crippen LogP contribution in [-0.4, -0.2) is 53.8 Å². The third-order valence-corrected chi connectivity index (χ3v) is 5.11.